The molecule has 0 saturated heterocycles. The summed E-state index contributed by atoms with van der Waals surface area (Å²) >= 11 is 0. The Morgan fingerprint density at radius 2 is 1.06 bits per heavy atom. The van der Waals surface area contributed by atoms with Crippen LogP contribution in [0.25, 0.3) is 10.8 Å². The van der Waals surface area contributed by atoms with Gasteiger partial charge >= 0.3 is 0 Å². The first-order chi connectivity index (χ1) is 17.4. The van der Waals surface area contributed by atoms with Crippen LogP contribution in [0.15, 0.2) is 127 Å². The van der Waals surface area contributed by atoms with Crippen LogP contribution in [0.4, 0.5) is 0 Å². The van der Waals surface area contributed by atoms with Gasteiger partial charge in [0.1, 0.15) is 0 Å². The third kappa shape index (κ3) is 3.20. The molecule has 8 rings (SSSR count). The lowest BCUT2D eigenvalue weighted by Gasteiger charge is -2.35. The fourth-order valence-electron chi connectivity index (χ4n) is 7.53. The molecule has 0 heteroatoms. The topological polar surface area (TPSA) is 0 Å². The van der Waals surface area contributed by atoms with Crippen LogP contribution < -0.4 is 0 Å². The minimum absolute atomic E-state index is 0.286. The molecule has 3 aliphatic rings. The molecule has 170 valence electrons. The van der Waals surface area contributed by atoms with E-state index in [2.05, 4.69) is 91.0 Å². The fraction of sp³-hybridized carbons (Fsp3) is 0.200. The van der Waals surface area contributed by atoms with Crippen LogP contribution in [0.2, 0.25) is 0 Å². The van der Waals surface area contributed by atoms with E-state index in [1.807, 2.05) is 36.4 Å². The third-order valence-electron chi connectivity index (χ3n) is 8.90. The van der Waals surface area contributed by atoms with Gasteiger partial charge in [0.15, 0.2) is 0 Å². The molecule has 0 amide bonds. The minimum Gasteiger partial charge on any atom is -0.0623 e. The van der Waals surface area contributed by atoms with E-state index in [9.17, 15) is 0 Å². The Kier molecular flexibility index (Phi) is 4.87. The van der Waals surface area contributed by atoms with Crippen LogP contribution in [-0.4, -0.2) is 0 Å². The molecule has 0 aromatic heterocycles. The van der Waals surface area contributed by atoms with Gasteiger partial charge in [0, 0.05) is 5.41 Å². The van der Waals surface area contributed by atoms with Gasteiger partial charge in [0.25, 0.3) is 0 Å². The summed E-state index contributed by atoms with van der Waals surface area (Å²) in [6, 6.07) is 46.6. The van der Waals surface area contributed by atoms with E-state index >= 15 is 0 Å². The molecule has 0 bridgehead atoms. The fourth-order valence-corrected chi connectivity index (χ4v) is 7.53. The highest BCUT2D eigenvalue weighted by Crippen LogP contribution is 2.75. The second kappa shape index (κ2) is 8.24. The lowest BCUT2D eigenvalue weighted by atomic mass is 9.68. The summed E-state index contributed by atoms with van der Waals surface area (Å²) in [6.45, 7) is 0. The highest BCUT2D eigenvalue weighted by molar-refractivity contribution is 5.88. The summed E-state index contributed by atoms with van der Waals surface area (Å²) in [4.78, 5) is 0. The second-order valence-corrected chi connectivity index (χ2v) is 10.5. The zero-order valence-corrected chi connectivity index (χ0v) is 20.0. The van der Waals surface area contributed by atoms with E-state index in [-0.39, 0.29) is 5.41 Å². The Morgan fingerprint density at radius 1 is 0.486 bits per heavy atom. The zero-order valence-electron chi connectivity index (χ0n) is 20.0. The van der Waals surface area contributed by atoms with E-state index in [1.165, 1.54) is 30.0 Å². The van der Waals surface area contributed by atoms with Gasteiger partial charge in [-0.1, -0.05) is 127 Å². The molecular formula is C35H30. The molecule has 0 N–H and O–H groups in total. The Bertz CT molecular complexity index is 1450. The molecular weight excluding hydrogens is 420 g/mol. The van der Waals surface area contributed by atoms with Gasteiger partial charge in [0.2, 0.25) is 0 Å². The van der Waals surface area contributed by atoms with Crippen molar-refractivity contribution in [2.45, 2.75) is 30.6 Å². The maximum atomic E-state index is 2.45. The van der Waals surface area contributed by atoms with Crippen molar-refractivity contribution in [2.75, 3.05) is 0 Å². The third-order valence-corrected chi connectivity index (χ3v) is 8.90. The number of rotatable bonds is 1. The molecule has 4 atom stereocenters. The van der Waals surface area contributed by atoms with E-state index in [0.717, 1.165) is 0 Å². The van der Waals surface area contributed by atoms with Crippen molar-refractivity contribution < 1.29 is 0 Å². The standard InChI is InChI=1S/C29H24.C6H6/c1-2-10-21-18-27-28-25-14-6-4-11-22(25)17-23(16-20(21)9-1)29(27,28)26-15-7-12-19-8-3-5-13-24(19)26;1-2-4-6-5-3-1/h1-15,23,27-28H,16-18H2;1-6H/t23-,27+,28-,29-;/m1./s1. The van der Waals surface area contributed by atoms with Crippen LogP contribution in [0, 0.1) is 11.8 Å². The molecule has 0 radical (unpaired) electrons. The first-order valence-corrected chi connectivity index (χ1v) is 13.0. The average Bonchev–Trinajstić information content (AvgIpc) is 3.63. The predicted octanol–water partition coefficient (Wildman–Crippen LogP) is 8.15. The molecule has 1 fully saturated rings. The van der Waals surface area contributed by atoms with Gasteiger partial charge in [-0.25, -0.2) is 0 Å². The van der Waals surface area contributed by atoms with Gasteiger partial charge in [-0.2, -0.15) is 0 Å². The van der Waals surface area contributed by atoms with Gasteiger partial charge in [-0.05, 0) is 75.6 Å². The molecule has 5 aromatic rings. The van der Waals surface area contributed by atoms with Crippen LogP contribution in [-0.2, 0) is 24.7 Å². The maximum Gasteiger partial charge on any atom is 0.0103 e. The van der Waals surface area contributed by atoms with Crippen molar-refractivity contribution in [3.63, 3.8) is 0 Å². The van der Waals surface area contributed by atoms with Crippen LogP contribution in [0.1, 0.15) is 33.7 Å². The van der Waals surface area contributed by atoms with Gasteiger partial charge in [0.05, 0.1) is 0 Å². The van der Waals surface area contributed by atoms with Crippen molar-refractivity contribution in [2.24, 2.45) is 11.8 Å². The van der Waals surface area contributed by atoms with Crippen molar-refractivity contribution in [1.82, 2.24) is 0 Å². The lowest BCUT2D eigenvalue weighted by molar-refractivity contribution is 0.362. The summed E-state index contributed by atoms with van der Waals surface area (Å²) in [5.41, 5.74) is 8.29. The molecule has 1 saturated carbocycles. The zero-order chi connectivity index (χ0) is 23.2. The number of benzene rings is 5. The second-order valence-electron chi connectivity index (χ2n) is 10.5. The van der Waals surface area contributed by atoms with E-state index in [4.69, 9.17) is 0 Å². The Morgan fingerprint density at radius 3 is 1.83 bits per heavy atom. The molecule has 0 unspecified atom stereocenters. The van der Waals surface area contributed by atoms with Gasteiger partial charge in [-0.3, -0.25) is 0 Å². The minimum atomic E-state index is 0.286. The molecule has 3 aliphatic carbocycles. The molecule has 0 nitrogen and oxygen atoms in total. The number of hydrogen-bond donors (Lipinski definition) is 0. The van der Waals surface area contributed by atoms with Crippen molar-refractivity contribution >= 4 is 10.8 Å². The van der Waals surface area contributed by atoms with Gasteiger partial charge in [-0.15, -0.1) is 0 Å². The van der Waals surface area contributed by atoms with Crippen LogP contribution in [0.3, 0.4) is 0 Å². The van der Waals surface area contributed by atoms with E-state index in [0.29, 0.717) is 17.8 Å². The number of hydrogen-bond acceptors (Lipinski definition) is 0. The monoisotopic (exact) mass is 450 g/mol. The average molecular weight is 451 g/mol. The summed E-state index contributed by atoms with van der Waals surface area (Å²) in [5, 5.41) is 2.86. The van der Waals surface area contributed by atoms with E-state index < -0.39 is 0 Å². The molecule has 0 aliphatic heterocycles. The number of fused-ring (bicyclic) bond motifs is 5. The van der Waals surface area contributed by atoms with E-state index in [1.54, 1.807) is 27.8 Å². The van der Waals surface area contributed by atoms with Crippen LogP contribution in [0.5, 0.6) is 0 Å². The first kappa shape index (κ1) is 20.7. The Hall–Kier alpha value is -3.64. The molecule has 0 spiro atoms. The quantitative estimate of drug-likeness (QED) is 0.242. The Balaban J connectivity index is 0.000000310. The SMILES string of the molecule is c1ccc2c(c1)C[C@@H]1Cc3ccccc3[C@@H]3[C@H](C2)[C@]13c1cccc2ccccc12.c1ccccc1. The van der Waals surface area contributed by atoms with Crippen molar-refractivity contribution in [3.05, 3.63) is 155 Å². The van der Waals surface area contributed by atoms with Crippen molar-refractivity contribution in [3.8, 4) is 0 Å². The molecule has 0 heterocycles. The van der Waals surface area contributed by atoms with Crippen LogP contribution >= 0.6 is 0 Å². The van der Waals surface area contributed by atoms with Crippen molar-refractivity contribution in [1.29, 1.82) is 0 Å². The lowest BCUT2D eigenvalue weighted by Crippen LogP contribution is -2.31. The summed E-state index contributed by atoms with van der Waals surface area (Å²) in [5.74, 6) is 2.06. The maximum absolute atomic E-state index is 2.45. The smallest absolute Gasteiger partial charge is 0.0103 e. The normalized spacial score (nSPS) is 25.2. The molecule has 35 heavy (non-hydrogen) atoms. The highest BCUT2D eigenvalue weighted by atomic mass is 14.7. The summed E-state index contributed by atoms with van der Waals surface area (Å²) < 4.78 is 0. The predicted molar refractivity (Wildman–Crippen MR) is 146 cm³/mol. The highest BCUT2D eigenvalue weighted by Gasteiger charge is 2.71. The first-order valence-electron chi connectivity index (χ1n) is 13.0. The van der Waals surface area contributed by atoms with Gasteiger partial charge < -0.3 is 0 Å². The largest absolute Gasteiger partial charge is 0.0623 e. The molecule has 5 aromatic carbocycles. The summed E-state index contributed by atoms with van der Waals surface area (Å²) in [7, 11) is 0. The summed E-state index contributed by atoms with van der Waals surface area (Å²) in [6.07, 6.45) is 3.64. The Labute approximate surface area is 208 Å².